The first-order valence-electron chi connectivity index (χ1n) is 4.03. The topological polar surface area (TPSA) is 40.5 Å². The highest BCUT2D eigenvalue weighted by molar-refractivity contribution is 5.79. The van der Waals surface area contributed by atoms with Gasteiger partial charge in [0.15, 0.2) is 0 Å². The largest absolute Gasteiger partial charge is 0.390 e. The summed E-state index contributed by atoms with van der Waals surface area (Å²) >= 11 is 0. The molecule has 1 saturated heterocycles. The van der Waals surface area contributed by atoms with E-state index in [2.05, 4.69) is 0 Å². The standard InChI is InChI=1S/C8H15NO2/c1-5(2)9-6(3)7(10)4-8(9)11/h5-7,10H,4H2,1-3H3/t6-,7+/m0/s1. The first kappa shape index (κ1) is 8.53. The number of aliphatic hydroxyl groups is 1. The van der Waals surface area contributed by atoms with Crippen LogP contribution in [0.4, 0.5) is 0 Å². The maximum absolute atomic E-state index is 11.2. The van der Waals surface area contributed by atoms with Crippen molar-refractivity contribution >= 4 is 5.91 Å². The van der Waals surface area contributed by atoms with Gasteiger partial charge in [-0.1, -0.05) is 0 Å². The van der Waals surface area contributed by atoms with Crippen molar-refractivity contribution in [3.05, 3.63) is 0 Å². The Bertz CT molecular complexity index is 167. The first-order valence-corrected chi connectivity index (χ1v) is 4.03. The summed E-state index contributed by atoms with van der Waals surface area (Å²) in [6.45, 7) is 5.81. The van der Waals surface area contributed by atoms with Gasteiger partial charge in [-0.15, -0.1) is 0 Å². The number of nitrogens with zero attached hydrogens (tertiary/aromatic N) is 1. The smallest absolute Gasteiger partial charge is 0.225 e. The molecule has 1 N–H and O–H groups in total. The third kappa shape index (κ3) is 1.38. The molecule has 3 nitrogen and oxygen atoms in total. The summed E-state index contributed by atoms with van der Waals surface area (Å²) in [5.41, 5.74) is 0. The van der Waals surface area contributed by atoms with Crippen molar-refractivity contribution in [2.75, 3.05) is 0 Å². The highest BCUT2D eigenvalue weighted by atomic mass is 16.3. The van der Waals surface area contributed by atoms with E-state index in [1.807, 2.05) is 20.8 Å². The zero-order valence-corrected chi connectivity index (χ0v) is 7.24. The molecule has 1 fully saturated rings. The van der Waals surface area contributed by atoms with Gasteiger partial charge in [0.2, 0.25) is 5.91 Å². The Kier molecular flexibility index (Phi) is 2.18. The van der Waals surface area contributed by atoms with Gasteiger partial charge in [0, 0.05) is 6.04 Å². The van der Waals surface area contributed by atoms with E-state index >= 15 is 0 Å². The second-order valence-corrected chi connectivity index (χ2v) is 3.41. The zero-order chi connectivity index (χ0) is 8.59. The lowest BCUT2D eigenvalue weighted by atomic mass is 10.2. The van der Waals surface area contributed by atoms with Crippen molar-refractivity contribution in [3.8, 4) is 0 Å². The molecular formula is C8H15NO2. The van der Waals surface area contributed by atoms with Crippen molar-refractivity contribution in [2.24, 2.45) is 0 Å². The number of carbonyl (C=O) groups excluding carboxylic acids is 1. The second kappa shape index (κ2) is 2.81. The van der Waals surface area contributed by atoms with Crippen LogP contribution in [-0.4, -0.2) is 34.1 Å². The van der Waals surface area contributed by atoms with E-state index < -0.39 is 6.10 Å². The zero-order valence-electron chi connectivity index (χ0n) is 7.24. The average molecular weight is 157 g/mol. The highest BCUT2D eigenvalue weighted by Crippen LogP contribution is 2.20. The molecule has 0 spiro atoms. The molecule has 0 saturated carbocycles. The fourth-order valence-electron chi connectivity index (χ4n) is 1.63. The van der Waals surface area contributed by atoms with Crippen LogP contribution in [0.1, 0.15) is 27.2 Å². The van der Waals surface area contributed by atoms with Crippen LogP contribution < -0.4 is 0 Å². The molecular weight excluding hydrogens is 142 g/mol. The third-order valence-electron chi connectivity index (χ3n) is 2.22. The highest BCUT2D eigenvalue weighted by Gasteiger charge is 2.36. The molecule has 64 valence electrons. The van der Waals surface area contributed by atoms with Gasteiger partial charge in [-0.3, -0.25) is 4.79 Å². The van der Waals surface area contributed by atoms with Gasteiger partial charge in [0.25, 0.3) is 0 Å². The van der Waals surface area contributed by atoms with E-state index in [-0.39, 0.29) is 18.0 Å². The van der Waals surface area contributed by atoms with E-state index in [0.29, 0.717) is 6.42 Å². The molecule has 11 heavy (non-hydrogen) atoms. The van der Waals surface area contributed by atoms with Crippen LogP contribution in [-0.2, 0) is 4.79 Å². The third-order valence-corrected chi connectivity index (χ3v) is 2.22. The molecule has 1 aliphatic rings. The summed E-state index contributed by atoms with van der Waals surface area (Å²) in [5, 5.41) is 9.32. The number of rotatable bonds is 1. The van der Waals surface area contributed by atoms with Crippen molar-refractivity contribution in [2.45, 2.75) is 45.4 Å². The average Bonchev–Trinajstić information content (AvgIpc) is 2.07. The van der Waals surface area contributed by atoms with E-state index in [9.17, 15) is 9.90 Å². The van der Waals surface area contributed by atoms with Gasteiger partial charge in [-0.2, -0.15) is 0 Å². The fraction of sp³-hybridized carbons (Fsp3) is 0.875. The van der Waals surface area contributed by atoms with Gasteiger partial charge in [-0.25, -0.2) is 0 Å². The van der Waals surface area contributed by atoms with Crippen LogP contribution in [0, 0.1) is 0 Å². The summed E-state index contributed by atoms with van der Waals surface area (Å²) in [4.78, 5) is 12.9. The van der Waals surface area contributed by atoms with E-state index in [0.717, 1.165) is 0 Å². The minimum atomic E-state index is -0.468. The molecule has 1 amide bonds. The van der Waals surface area contributed by atoms with Crippen LogP contribution in [0.3, 0.4) is 0 Å². The molecule has 1 rings (SSSR count). The normalized spacial score (nSPS) is 32.1. The minimum Gasteiger partial charge on any atom is -0.390 e. The Labute approximate surface area is 67.0 Å². The SMILES string of the molecule is CC(C)N1C(=O)C[C@@H](O)[C@@H]1C. The van der Waals surface area contributed by atoms with E-state index in [4.69, 9.17) is 0 Å². The van der Waals surface area contributed by atoms with E-state index in [1.54, 1.807) is 4.90 Å². The lowest BCUT2D eigenvalue weighted by molar-refractivity contribution is -0.130. The van der Waals surface area contributed by atoms with Gasteiger partial charge < -0.3 is 10.0 Å². The number of aliphatic hydroxyl groups excluding tert-OH is 1. The predicted molar refractivity (Wildman–Crippen MR) is 42.1 cm³/mol. The van der Waals surface area contributed by atoms with Gasteiger partial charge in [0.1, 0.15) is 0 Å². The Morgan fingerprint density at radius 2 is 2.18 bits per heavy atom. The van der Waals surface area contributed by atoms with Crippen LogP contribution in [0.15, 0.2) is 0 Å². The molecule has 0 bridgehead atoms. The second-order valence-electron chi connectivity index (χ2n) is 3.41. The molecule has 0 unspecified atom stereocenters. The Hall–Kier alpha value is -0.570. The van der Waals surface area contributed by atoms with Crippen LogP contribution in [0.5, 0.6) is 0 Å². The Morgan fingerprint density at radius 3 is 2.36 bits per heavy atom. The Balaban J connectivity index is 2.71. The summed E-state index contributed by atoms with van der Waals surface area (Å²) in [5.74, 6) is 0.0694. The molecule has 0 aliphatic carbocycles. The van der Waals surface area contributed by atoms with Gasteiger partial charge >= 0.3 is 0 Å². The lowest BCUT2D eigenvalue weighted by Crippen LogP contribution is -2.39. The molecule has 0 aromatic heterocycles. The summed E-state index contributed by atoms with van der Waals surface area (Å²) < 4.78 is 0. The van der Waals surface area contributed by atoms with Crippen molar-refractivity contribution in [1.29, 1.82) is 0 Å². The Morgan fingerprint density at radius 1 is 1.64 bits per heavy atom. The minimum absolute atomic E-state index is 0.0116. The van der Waals surface area contributed by atoms with Crippen LogP contribution in [0.2, 0.25) is 0 Å². The van der Waals surface area contributed by atoms with Gasteiger partial charge in [0.05, 0.1) is 18.6 Å². The molecule has 2 atom stereocenters. The molecule has 0 aromatic rings. The lowest BCUT2D eigenvalue weighted by Gasteiger charge is -2.26. The van der Waals surface area contributed by atoms with Crippen molar-refractivity contribution in [1.82, 2.24) is 4.90 Å². The monoisotopic (exact) mass is 157 g/mol. The summed E-state index contributed by atoms with van der Waals surface area (Å²) in [7, 11) is 0. The first-order chi connectivity index (χ1) is 5.04. The van der Waals surface area contributed by atoms with Crippen LogP contribution >= 0.6 is 0 Å². The number of hydrogen-bond acceptors (Lipinski definition) is 2. The number of hydrogen-bond donors (Lipinski definition) is 1. The maximum atomic E-state index is 11.2. The summed E-state index contributed by atoms with van der Waals surface area (Å²) in [6.07, 6.45) is -0.177. The molecule has 1 aliphatic heterocycles. The quantitative estimate of drug-likeness (QED) is 0.597. The predicted octanol–water partition coefficient (Wildman–Crippen LogP) is 0.377. The number of likely N-dealkylation sites (tertiary alicyclic amines) is 1. The van der Waals surface area contributed by atoms with Gasteiger partial charge in [-0.05, 0) is 20.8 Å². The molecule has 0 radical (unpaired) electrons. The number of carbonyl (C=O) groups is 1. The molecule has 0 aromatic carbocycles. The van der Waals surface area contributed by atoms with Crippen molar-refractivity contribution in [3.63, 3.8) is 0 Å². The maximum Gasteiger partial charge on any atom is 0.225 e. The number of amides is 1. The molecule has 1 heterocycles. The van der Waals surface area contributed by atoms with E-state index in [1.165, 1.54) is 0 Å². The molecule has 3 heteroatoms. The van der Waals surface area contributed by atoms with Crippen molar-refractivity contribution < 1.29 is 9.90 Å². The summed E-state index contributed by atoms with van der Waals surface area (Å²) in [6, 6.07) is 0.192. The van der Waals surface area contributed by atoms with Crippen LogP contribution in [0.25, 0.3) is 0 Å². The fourth-order valence-corrected chi connectivity index (χ4v) is 1.63.